The van der Waals surface area contributed by atoms with E-state index in [0.717, 1.165) is 5.56 Å². The minimum atomic E-state index is -0.893. The molecule has 0 bridgehead atoms. The quantitative estimate of drug-likeness (QED) is 0.924. The molecule has 1 aliphatic rings. The van der Waals surface area contributed by atoms with Gasteiger partial charge in [0.05, 0.1) is 5.02 Å². The van der Waals surface area contributed by atoms with E-state index in [1.807, 2.05) is 6.92 Å². The normalized spacial score (nSPS) is 21.8. The second-order valence-corrected chi connectivity index (χ2v) is 5.79. The molecule has 1 N–H and O–H groups in total. The molecule has 1 atom stereocenters. The zero-order chi connectivity index (χ0) is 14.9. The van der Waals surface area contributed by atoms with E-state index in [0.29, 0.717) is 18.0 Å². The standard InChI is InChI=1S/C14H18ClN3O2/c1-4-11-12(19)18(14(2,3)13(20)17-11)8-9-5-6-16-7-10(9)15/h5-7,11H,4,8H2,1-3H3,(H,17,20). The van der Waals surface area contributed by atoms with Crippen molar-refractivity contribution in [1.82, 2.24) is 15.2 Å². The van der Waals surface area contributed by atoms with Crippen LogP contribution in [-0.4, -0.2) is 33.3 Å². The molecule has 0 radical (unpaired) electrons. The van der Waals surface area contributed by atoms with Crippen molar-refractivity contribution in [2.75, 3.05) is 0 Å². The van der Waals surface area contributed by atoms with Crippen LogP contribution in [0, 0.1) is 0 Å². The maximum absolute atomic E-state index is 12.5. The van der Waals surface area contributed by atoms with Crippen LogP contribution >= 0.6 is 11.6 Å². The van der Waals surface area contributed by atoms with Gasteiger partial charge in [-0.05, 0) is 31.9 Å². The summed E-state index contributed by atoms with van der Waals surface area (Å²) in [6.07, 6.45) is 3.73. The van der Waals surface area contributed by atoms with Gasteiger partial charge in [0, 0.05) is 18.9 Å². The smallest absolute Gasteiger partial charge is 0.246 e. The van der Waals surface area contributed by atoms with Crippen molar-refractivity contribution in [3.63, 3.8) is 0 Å². The lowest BCUT2D eigenvalue weighted by atomic mass is 9.94. The van der Waals surface area contributed by atoms with E-state index in [1.54, 1.807) is 31.0 Å². The van der Waals surface area contributed by atoms with Gasteiger partial charge >= 0.3 is 0 Å². The number of pyridine rings is 1. The lowest BCUT2D eigenvalue weighted by Gasteiger charge is -2.44. The van der Waals surface area contributed by atoms with Gasteiger partial charge < -0.3 is 10.2 Å². The molecule has 2 heterocycles. The summed E-state index contributed by atoms with van der Waals surface area (Å²) in [4.78, 5) is 30.2. The van der Waals surface area contributed by atoms with Crippen LogP contribution in [0.1, 0.15) is 32.8 Å². The van der Waals surface area contributed by atoms with Gasteiger partial charge in [0.25, 0.3) is 0 Å². The summed E-state index contributed by atoms with van der Waals surface area (Å²) in [5.74, 6) is -0.223. The molecule has 0 aromatic carbocycles. The van der Waals surface area contributed by atoms with Crippen molar-refractivity contribution in [2.24, 2.45) is 0 Å². The van der Waals surface area contributed by atoms with E-state index in [9.17, 15) is 9.59 Å². The van der Waals surface area contributed by atoms with Crippen LogP contribution in [-0.2, 0) is 16.1 Å². The van der Waals surface area contributed by atoms with Gasteiger partial charge in [-0.3, -0.25) is 14.6 Å². The first-order valence-corrected chi connectivity index (χ1v) is 6.96. The monoisotopic (exact) mass is 295 g/mol. The molecule has 1 fully saturated rings. The second kappa shape index (κ2) is 5.40. The fourth-order valence-electron chi connectivity index (χ4n) is 2.24. The number of halogens is 1. The largest absolute Gasteiger partial charge is 0.342 e. The van der Waals surface area contributed by atoms with Gasteiger partial charge in [-0.2, -0.15) is 0 Å². The number of hydrogen-bond donors (Lipinski definition) is 1. The average Bonchev–Trinajstić information content (AvgIpc) is 2.41. The third-order valence-electron chi connectivity index (χ3n) is 3.69. The Balaban J connectivity index is 2.33. The predicted octanol–water partition coefficient (Wildman–Crippen LogP) is 1.75. The first-order valence-electron chi connectivity index (χ1n) is 6.58. The molecule has 6 heteroatoms. The number of carbonyl (C=O) groups is 2. The van der Waals surface area contributed by atoms with Crippen molar-refractivity contribution in [2.45, 2.75) is 45.3 Å². The van der Waals surface area contributed by atoms with Gasteiger partial charge in [-0.15, -0.1) is 0 Å². The number of carbonyl (C=O) groups excluding carboxylic acids is 2. The van der Waals surface area contributed by atoms with E-state index in [1.165, 1.54) is 6.20 Å². The molecule has 2 rings (SSSR count). The number of rotatable bonds is 3. The van der Waals surface area contributed by atoms with Crippen LogP contribution in [0.5, 0.6) is 0 Å². The maximum atomic E-state index is 12.5. The molecule has 5 nitrogen and oxygen atoms in total. The number of piperazine rings is 1. The second-order valence-electron chi connectivity index (χ2n) is 5.38. The molecule has 0 aliphatic carbocycles. The van der Waals surface area contributed by atoms with Crippen LogP contribution in [0.3, 0.4) is 0 Å². The van der Waals surface area contributed by atoms with Crippen LogP contribution in [0.4, 0.5) is 0 Å². The summed E-state index contributed by atoms with van der Waals surface area (Å²) in [7, 11) is 0. The number of aromatic nitrogens is 1. The fourth-order valence-corrected chi connectivity index (χ4v) is 2.42. The Bertz CT molecular complexity index is 545. The Labute approximate surface area is 123 Å². The molecule has 0 spiro atoms. The van der Waals surface area contributed by atoms with Crippen molar-refractivity contribution in [1.29, 1.82) is 0 Å². The average molecular weight is 296 g/mol. The topological polar surface area (TPSA) is 62.3 Å². The third kappa shape index (κ3) is 2.50. The van der Waals surface area contributed by atoms with E-state index >= 15 is 0 Å². The van der Waals surface area contributed by atoms with E-state index in [4.69, 9.17) is 11.6 Å². The third-order valence-corrected chi connectivity index (χ3v) is 4.03. The summed E-state index contributed by atoms with van der Waals surface area (Å²) in [5, 5.41) is 3.26. The molecule has 1 aromatic heterocycles. The molecule has 1 unspecified atom stereocenters. The van der Waals surface area contributed by atoms with Gasteiger partial charge in [-0.1, -0.05) is 18.5 Å². The minimum Gasteiger partial charge on any atom is -0.342 e. The van der Waals surface area contributed by atoms with Crippen LogP contribution in [0.15, 0.2) is 18.5 Å². The highest BCUT2D eigenvalue weighted by atomic mass is 35.5. The Morgan fingerprint density at radius 2 is 2.15 bits per heavy atom. The Kier molecular flexibility index (Phi) is 3.99. The first-order chi connectivity index (χ1) is 9.37. The van der Waals surface area contributed by atoms with E-state index in [-0.39, 0.29) is 11.8 Å². The van der Waals surface area contributed by atoms with Gasteiger partial charge in [0.2, 0.25) is 11.8 Å². The summed E-state index contributed by atoms with van der Waals surface area (Å²) in [6, 6.07) is 1.30. The van der Waals surface area contributed by atoms with Crippen molar-refractivity contribution >= 4 is 23.4 Å². The molecule has 1 aliphatic heterocycles. The summed E-state index contributed by atoms with van der Waals surface area (Å²) < 4.78 is 0. The zero-order valence-corrected chi connectivity index (χ0v) is 12.6. The van der Waals surface area contributed by atoms with Crippen LogP contribution in [0.2, 0.25) is 5.02 Å². The van der Waals surface area contributed by atoms with Gasteiger partial charge in [0.1, 0.15) is 11.6 Å². The summed E-state index contributed by atoms with van der Waals surface area (Å²) >= 11 is 6.09. The number of hydrogen-bond acceptors (Lipinski definition) is 3. The first kappa shape index (κ1) is 14.8. The Morgan fingerprint density at radius 3 is 2.75 bits per heavy atom. The SMILES string of the molecule is CCC1NC(=O)C(C)(C)N(Cc2ccncc2Cl)C1=O. The molecule has 20 heavy (non-hydrogen) atoms. The highest BCUT2D eigenvalue weighted by Gasteiger charge is 2.45. The fraction of sp³-hybridized carbons (Fsp3) is 0.500. The highest BCUT2D eigenvalue weighted by Crippen LogP contribution is 2.26. The summed E-state index contributed by atoms with van der Waals surface area (Å²) in [5.41, 5.74) is -0.109. The number of nitrogens with one attached hydrogen (secondary N) is 1. The zero-order valence-electron chi connectivity index (χ0n) is 11.8. The summed E-state index contributed by atoms with van der Waals surface area (Å²) in [6.45, 7) is 5.65. The molecular weight excluding hydrogens is 278 g/mol. The van der Waals surface area contributed by atoms with Crippen LogP contribution in [0.25, 0.3) is 0 Å². The highest BCUT2D eigenvalue weighted by molar-refractivity contribution is 6.31. The molecule has 1 aromatic rings. The molecule has 0 saturated carbocycles. The molecule has 1 saturated heterocycles. The van der Waals surface area contributed by atoms with Crippen molar-refractivity contribution in [3.05, 3.63) is 29.0 Å². The Hall–Kier alpha value is -1.62. The number of amides is 2. The lowest BCUT2D eigenvalue weighted by molar-refractivity contribution is -0.156. The number of nitrogens with zero attached hydrogens (tertiary/aromatic N) is 2. The molecular formula is C14H18ClN3O2. The van der Waals surface area contributed by atoms with Gasteiger partial charge in [-0.25, -0.2) is 0 Å². The molecule has 108 valence electrons. The van der Waals surface area contributed by atoms with Crippen molar-refractivity contribution < 1.29 is 9.59 Å². The lowest BCUT2D eigenvalue weighted by Crippen LogP contribution is -2.67. The van der Waals surface area contributed by atoms with Crippen LogP contribution < -0.4 is 5.32 Å². The van der Waals surface area contributed by atoms with Crippen molar-refractivity contribution in [3.8, 4) is 0 Å². The van der Waals surface area contributed by atoms with E-state index in [2.05, 4.69) is 10.3 Å². The maximum Gasteiger partial charge on any atom is 0.246 e. The van der Waals surface area contributed by atoms with Gasteiger partial charge in [0.15, 0.2) is 0 Å². The molecule has 2 amide bonds. The Morgan fingerprint density at radius 1 is 1.45 bits per heavy atom. The van der Waals surface area contributed by atoms with E-state index < -0.39 is 11.6 Å². The minimum absolute atomic E-state index is 0.0787. The predicted molar refractivity (Wildman–Crippen MR) is 76.1 cm³/mol.